The molecule has 0 atom stereocenters. The molecule has 0 aromatic heterocycles. The van der Waals surface area contributed by atoms with Crippen LogP contribution in [0.1, 0.15) is 18.4 Å². The molecule has 0 aliphatic heterocycles. The average molecular weight is 326 g/mol. The van der Waals surface area contributed by atoms with E-state index < -0.39 is 0 Å². The molecule has 4 heteroatoms. The van der Waals surface area contributed by atoms with Crippen molar-refractivity contribution in [3.05, 3.63) is 54.1 Å². The molecular formula is C19H22N2OS. The van der Waals surface area contributed by atoms with Gasteiger partial charge in [-0.3, -0.25) is 4.79 Å². The van der Waals surface area contributed by atoms with Crippen LogP contribution in [0.3, 0.4) is 0 Å². The number of hydrogen-bond acceptors (Lipinski definition) is 3. The lowest BCUT2D eigenvalue weighted by Crippen LogP contribution is -2.29. The highest BCUT2D eigenvalue weighted by Crippen LogP contribution is 2.30. The molecule has 1 saturated carbocycles. The van der Waals surface area contributed by atoms with Crippen LogP contribution in [0.2, 0.25) is 0 Å². The van der Waals surface area contributed by atoms with Crippen LogP contribution in [-0.4, -0.2) is 19.0 Å². The fourth-order valence-electron chi connectivity index (χ4n) is 2.37. The van der Waals surface area contributed by atoms with Crippen molar-refractivity contribution in [3.8, 4) is 0 Å². The molecule has 23 heavy (non-hydrogen) atoms. The Morgan fingerprint density at radius 3 is 2.61 bits per heavy atom. The minimum absolute atomic E-state index is 0.0252. The molecule has 2 N–H and O–H groups in total. The van der Waals surface area contributed by atoms with Crippen molar-refractivity contribution < 1.29 is 4.79 Å². The molecule has 0 saturated heterocycles. The summed E-state index contributed by atoms with van der Waals surface area (Å²) in [6.07, 6.45) is 2.60. The lowest BCUT2D eigenvalue weighted by Gasteiger charge is -2.11. The van der Waals surface area contributed by atoms with E-state index in [1.807, 2.05) is 31.2 Å². The van der Waals surface area contributed by atoms with Crippen LogP contribution in [-0.2, 0) is 4.79 Å². The van der Waals surface area contributed by atoms with E-state index in [-0.39, 0.29) is 5.91 Å². The van der Waals surface area contributed by atoms with E-state index in [1.54, 1.807) is 11.8 Å². The molecule has 0 spiro atoms. The van der Waals surface area contributed by atoms with Crippen molar-refractivity contribution in [3.63, 3.8) is 0 Å². The monoisotopic (exact) mass is 326 g/mol. The molecule has 3 rings (SSSR count). The van der Waals surface area contributed by atoms with E-state index in [2.05, 4.69) is 34.9 Å². The van der Waals surface area contributed by atoms with Crippen LogP contribution >= 0.6 is 11.8 Å². The van der Waals surface area contributed by atoms with Crippen molar-refractivity contribution in [2.45, 2.75) is 29.6 Å². The molecule has 120 valence electrons. The Labute approximate surface area is 141 Å². The molecular weight excluding hydrogens is 304 g/mol. The molecule has 0 heterocycles. The first-order valence-corrected chi connectivity index (χ1v) is 8.86. The average Bonchev–Trinajstić information content (AvgIpc) is 3.35. The van der Waals surface area contributed by atoms with Crippen LogP contribution in [0.4, 0.5) is 5.69 Å². The van der Waals surface area contributed by atoms with Crippen molar-refractivity contribution >= 4 is 23.4 Å². The second-order valence-corrected chi connectivity index (χ2v) is 7.16. The topological polar surface area (TPSA) is 41.1 Å². The zero-order chi connectivity index (χ0) is 16.1. The highest BCUT2D eigenvalue weighted by atomic mass is 32.2. The molecule has 1 fully saturated rings. The van der Waals surface area contributed by atoms with Gasteiger partial charge in [0.15, 0.2) is 0 Å². The Kier molecular flexibility index (Phi) is 5.36. The van der Waals surface area contributed by atoms with E-state index in [1.165, 1.54) is 22.6 Å². The molecule has 1 amide bonds. The summed E-state index contributed by atoms with van der Waals surface area (Å²) < 4.78 is 0. The summed E-state index contributed by atoms with van der Waals surface area (Å²) in [6, 6.07) is 16.5. The highest BCUT2D eigenvalue weighted by Gasteiger charge is 2.20. The van der Waals surface area contributed by atoms with Gasteiger partial charge in [-0.05, 0) is 68.1 Å². The van der Waals surface area contributed by atoms with Gasteiger partial charge in [0.25, 0.3) is 0 Å². The van der Waals surface area contributed by atoms with E-state index in [0.29, 0.717) is 6.54 Å². The Balaban J connectivity index is 1.54. The summed E-state index contributed by atoms with van der Waals surface area (Å²) in [4.78, 5) is 14.4. The maximum absolute atomic E-state index is 12.0. The Morgan fingerprint density at radius 1 is 1.13 bits per heavy atom. The van der Waals surface area contributed by atoms with Gasteiger partial charge in [-0.25, -0.2) is 0 Å². The second-order valence-electron chi connectivity index (χ2n) is 6.01. The summed E-state index contributed by atoms with van der Waals surface area (Å²) in [6.45, 7) is 3.37. The first-order valence-electron chi connectivity index (χ1n) is 8.05. The van der Waals surface area contributed by atoms with E-state index in [0.717, 1.165) is 23.7 Å². The number of amides is 1. The SMILES string of the molecule is Cc1cc(Sc2ccccc2)ccc1NC(=O)CNCC1CC1. The van der Waals surface area contributed by atoms with Gasteiger partial charge in [0.1, 0.15) is 0 Å². The normalized spacial score (nSPS) is 13.8. The summed E-state index contributed by atoms with van der Waals surface area (Å²) in [5, 5.41) is 6.20. The van der Waals surface area contributed by atoms with Gasteiger partial charge in [0.2, 0.25) is 5.91 Å². The summed E-state index contributed by atoms with van der Waals surface area (Å²) in [5.74, 6) is 0.816. The number of carbonyl (C=O) groups excluding carboxylic acids is 1. The molecule has 1 aliphatic carbocycles. The van der Waals surface area contributed by atoms with Crippen molar-refractivity contribution in [2.24, 2.45) is 5.92 Å². The maximum Gasteiger partial charge on any atom is 0.238 e. The summed E-state index contributed by atoms with van der Waals surface area (Å²) in [7, 11) is 0. The van der Waals surface area contributed by atoms with E-state index in [9.17, 15) is 4.79 Å². The molecule has 2 aromatic rings. The van der Waals surface area contributed by atoms with Gasteiger partial charge >= 0.3 is 0 Å². The second kappa shape index (κ2) is 7.66. The number of carbonyl (C=O) groups is 1. The largest absolute Gasteiger partial charge is 0.325 e. The molecule has 0 unspecified atom stereocenters. The van der Waals surface area contributed by atoms with Crippen molar-refractivity contribution in [1.82, 2.24) is 5.32 Å². The predicted molar refractivity (Wildman–Crippen MR) is 96.0 cm³/mol. The fraction of sp³-hybridized carbons (Fsp3) is 0.316. The van der Waals surface area contributed by atoms with Crippen LogP contribution in [0, 0.1) is 12.8 Å². The third-order valence-corrected chi connectivity index (χ3v) is 4.86. The Hall–Kier alpha value is -1.78. The standard InChI is InChI=1S/C19H22N2OS/c1-14-11-17(23-16-5-3-2-4-6-16)9-10-18(14)21-19(22)13-20-12-15-7-8-15/h2-6,9-11,15,20H,7-8,12-13H2,1H3,(H,21,22). The molecule has 0 radical (unpaired) electrons. The maximum atomic E-state index is 12.0. The smallest absolute Gasteiger partial charge is 0.238 e. The van der Waals surface area contributed by atoms with Gasteiger partial charge in [-0.2, -0.15) is 0 Å². The summed E-state index contributed by atoms with van der Waals surface area (Å²) in [5.41, 5.74) is 1.97. The van der Waals surface area contributed by atoms with Gasteiger partial charge in [-0.15, -0.1) is 0 Å². The quantitative estimate of drug-likeness (QED) is 0.805. The highest BCUT2D eigenvalue weighted by molar-refractivity contribution is 7.99. The summed E-state index contributed by atoms with van der Waals surface area (Å²) >= 11 is 1.73. The fourth-order valence-corrected chi connectivity index (χ4v) is 3.31. The first-order chi connectivity index (χ1) is 11.2. The Morgan fingerprint density at radius 2 is 1.91 bits per heavy atom. The van der Waals surface area contributed by atoms with Crippen LogP contribution in [0.15, 0.2) is 58.3 Å². The van der Waals surface area contributed by atoms with Gasteiger partial charge in [0, 0.05) is 15.5 Å². The predicted octanol–water partition coefficient (Wildman–Crippen LogP) is 4.08. The molecule has 1 aliphatic rings. The Bertz CT molecular complexity index is 668. The number of nitrogens with one attached hydrogen (secondary N) is 2. The third kappa shape index (κ3) is 5.12. The van der Waals surface area contributed by atoms with Crippen LogP contribution < -0.4 is 10.6 Å². The van der Waals surface area contributed by atoms with Crippen LogP contribution in [0.25, 0.3) is 0 Å². The molecule has 2 aromatic carbocycles. The lowest BCUT2D eigenvalue weighted by atomic mass is 10.2. The van der Waals surface area contributed by atoms with E-state index in [4.69, 9.17) is 0 Å². The van der Waals surface area contributed by atoms with E-state index >= 15 is 0 Å². The third-order valence-electron chi connectivity index (χ3n) is 3.87. The van der Waals surface area contributed by atoms with Crippen molar-refractivity contribution in [1.29, 1.82) is 0 Å². The zero-order valence-electron chi connectivity index (χ0n) is 13.3. The number of hydrogen-bond donors (Lipinski definition) is 2. The number of aryl methyl sites for hydroxylation is 1. The van der Waals surface area contributed by atoms with Gasteiger partial charge < -0.3 is 10.6 Å². The minimum Gasteiger partial charge on any atom is -0.325 e. The van der Waals surface area contributed by atoms with Gasteiger partial charge in [-0.1, -0.05) is 30.0 Å². The van der Waals surface area contributed by atoms with Crippen LogP contribution in [0.5, 0.6) is 0 Å². The van der Waals surface area contributed by atoms with Crippen molar-refractivity contribution in [2.75, 3.05) is 18.4 Å². The number of benzene rings is 2. The number of anilines is 1. The molecule has 3 nitrogen and oxygen atoms in total. The first kappa shape index (κ1) is 16.1. The minimum atomic E-state index is 0.0252. The number of rotatable bonds is 7. The lowest BCUT2D eigenvalue weighted by molar-refractivity contribution is -0.115. The zero-order valence-corrected chi connectivity index (χ0v) is 14.2. The molecule has 0 bridgehead atoms. The van der Waals surface area contributed by atoms with Gasteiger partial charge in [0.05, 0.1) is 6.54 Å².